The molecule has 0 amide bonds. The van der Waals surface area contributed by atoms with E-state index >= 15 is 0 Å². The standard InChI is InChI=1S/C22H30N4O/c1-14(2)19(13-27)23-20-11-21(25-22(24-20)16-8-9-16)26-12-18-7-5-4-6-17(18)10-15(26)3/h4-7,11,14-16,19,27H,8-10,12-13H2,1-3H3,(H,23,24,25)/t15-,19+/m1/s1. The number of fused-ring (bicyclic) bond motifs is 1. The Labute approximate surface area is 161 Å². The van der Waals surface area contributed by atoms with E-state index in [9.17, 15) is 5.11 Å². The number of nitrogens with one attached hydrogen (secondary N) is 1. The van der Waals surface area contributed by atoms with Gasteiger partial charge in [-0.2, -0.15) is 0 Å². The largest absolute Gasteiger partial charge is 0.394 e. The molecule has 0 bridgehead atoms. The highest BCUT2D eigenvalue weighted by Crippen LogP contribution is 2.40. The molecule has 5 nitrogen and oxygen atoms in total. The summed E-state index contributed by atoms with van der Waals surface area (Å²) in [4.78, 5) is 12.1. The first-order valence-electron chi connectivity index (χ1n) is 10.1. The molecule has 1 fully saturated rings. The van der Waals surface area contributed by atoms with Gasteiger partial charge in [0.05, 0.1) is 12.6 Å². The van der Waals surface area contributed by atoms with Crippen molar-refractivity contribution < 1.29 is 5.11 Å². The van der Waals surface area contributed by atoms with Crippen LogP contribution in [0.5, 0.6) is 0 Å². The molecule has 1 aliphatic carbocycles. The van der Waals surface area contributed by atoms with Crippen LogP contribution < -0.4 is 10.2 Å². The third kappa shape index (κ3) is 3.93. The summed E-state index contributed by atoms with van der Waals surface area (Å²) in [5.74, 6) is 3.60. The summed E-state index contributed by atoms with van der Waals surface area (Å²) in [5, 5.41) is 13.1. The molecule has 0 saturated heterocycles. The first kappa shape index (κ1) is 18.2. The number of rotatable bonds is 6. The van der Waals surface area contributed by atoms with Crippen molar-refractivity contribution in [3.8, 4) is 0 Å². The van der Waals surface area contributed by atoms with Gasteiger partial charge < -0.3 is 15.3 Å². The minimum absolute atomic E-state index is 0.000640. The second-order valence-electron chi connectivity index (χ2n) is 8.37. The minimum Gasteiger partial charge on any atom is -0.394 e. The summed E-state index contributed by atoms with van der Waals surface area (Å²) in [6, 6.07) is 11.1. The van der Waals surface area contributed by atoms with E-state index in [1.807, 2.05) is 0 Å². The second-order valence-corrected chi connectivity index (χ2v) is 8.37. The molecule has 2 heterocycles. The molecule has 0 spiro atoms. The van der Waals surface area contributed by atoms with Crippen molar-refractivity contribution in [2.24, 2.45) is 5.92 Å². The summed E-state index contributed by atoms with van der Waals surface area (Å²) < 4.78 is 0. The lowest BCUT2D eigenvalue weighted by Crippen LogP contribution is -2.39. The van der Waals surface area contributed by atoms with Crippen molar-refractivity contribution in [2.75, 3.05) is 16.8 Å². The van der Waals surface area contributed by atoms with E-state index in [1.165, 1.54) is 24.0 Å². The van der Waals surface area contributed by atoms with Gasteiger partial charge in [0.1, 0.15) is 17.5 Å². The molecule has 144 valence electrons. The van der Waals surface area contributed by atoms with Crippen molar-refractivity contribution >= 4 is 11.6 Å². The van der Waals surface area contributed by atoms with E-state index in [-0.39, 0.29) is 12.6 Å². The highest BCUT2D eigenvalue weighted by molar-refractivity contribution is 5.53. The number of hydrogen-bond donors (Lipinski definition) is 2. The number of aliphatic hydroxyl groups excluding tert-OH is 1. The van der Waals surface area contributed by atoms with E-state index in [2.05, 4.69) is 61.3 Å². The van der Waals surface area contributed by atoms with E-state index in [1.54, 1.807) is 0 Å². The third-order valence-corrected chi connectivity index (χ3v) is 5.81. The van der Waals surface area contributed by atoms with Crippen LogP contribution in [0.25, 0.3) is 0 Å². The van der Waals surface area contributed by atoms with E-state index < -0.39 is 0 Å². The third-order valence-electron chi connectivity index (χ3n) is 5.81. The van der Waals surface area contributed by atoms with Crippen LogP contribution in [0.3, 0.4) is 0 Å². The molecule has 2 aromatic rings. The average Bonchev–Trinajstić information content (AvgIpc) is 3.50. The van der Waals surface area contributed by atoms with Gasteiger partial charge in [-0.15, -0.1) is 0 Å². The van der Waals surface area contributed by atoms with Crippen LogP contribution in [0.4, 0.5) is 11.6 Å². The highest BCUT2D eigenvalue weighted by Gasteiger charge is 2.30. The Kier molecular flexibility index (Phi) is 5.04. The van der Waals surface area contributed by atoms with Gasteiger partial charge in [-0.25, -0.2) is 9.97 Å². The first-order valence-corrected chi connectivity index (χ1v) is 10.1. The lowest BCUT2D eigenvalue weighted by Gasteiger charge is -2.36. The van der Waals surface area contributed by atoms with E-state index in [0.29, 0.717) is 17.9 Å². The monoisotopic (exact) mass is 366 g/mol. The van der Waals surface area contributed by atoms with Gasteiger partial charge in [-0.05, 0) is 43.2 Å². The molecular weight excluding hydrogens is 336 g/mol. The zero-order valence-corrected chi connectivity index (χ0v) is 16.5. The lowest BCUT2D eigenvalue weighted by atomic mass is 9.95. The quantitative estimate of drug-likeness (QED) is 0.816. The van der Waals surface area contributed by atoms with Gasteiger partial charge >= 0.3 is 0 Å². The normalized spacial score (nSPS) is 20.5. The van der Waals surface area contributed by atoms with Crippen LogP contribution in [-0.2, 0) is 13.0 Å². The zero-order chi connectivity index (χ0) is 19.0. The number of aromatic nitrogens is 2. The van der Waals surface area contributed by atoms with Gasteiger partial charge in [-0.1, -0.05) is 38.1 Å². The Morgan fingerprint density at radius 2 is 1.93 bits per heavy atom. The molecule has 0 unspecified atom stereocenters. The number of nitrogens with zero attached hydrogens (tertiary/aromatic N) is 3. The molecule has 27 heavy (non-hydrogen) atoms. The smallest absolute Gasteiger partial charge is 0.136 e. The maximum atomic E-state index is 9.70. The van der Waals surface area contributed by atoms with E-state index in [4.69, 9.17) is 9.97 Å². The lowest BCUT2D eigenvalue weighted by molar-refractivity contribution is 0.249. The fourth-order valence-corrected chi connectivity index (χ4v) is 3.80. The number of hydrogen-bond acceptors (Lipinski definition) is 5. The highest BCUT2D eigenvalue weighted by atomic mass is 16.3. The van der Waals surface area contributed by atoms with Crippen LogP contribution in [0.15, 0.2) is 30.3 Å². The summed E-state index contributed by atoms with van der Waals surface area (Å²) in [6.07, 6.45) is 3.39. The zero-order valence-electron chi connectivity index (χ0n) is 16.5. The Hall–Kier alpha value is -2.14. The predicted octanol–water partition coefficient (Wildman–Crippen LogP) is 3.73. The van der Waals surface area contributed by atoms with E-state index in [0.717, 1.165) is 30.4 Å². The molecule has 2 N–H and O–H groups in total. The fraction of sp³-hybridized carbons (Fsp3) is 0.545. The Bertz CT molecular complexity index is 803. The van der Waals surface area contributed by atoms with Crippen molar-refractivity contribution in [2.45, 2.75) is 64.6 Å². The van der Waals surface area contributed by atoms with Crippen molar-refractivity contribution in [3.63, 3.8) is 0 Å². The second kappa shape index (κ2) is 7.47. The molecule has 1 aromatic heterocycles. The number of anilines is 2. The summed E-state index contributed by atoms with van der Waals surface area (Å²) in [5.41, 5.74) is 2.82. The molecule has 1 saturated carbocycles. The number of aliphatic hydroxyl groups is 1. The topological polar surface area (TPSA) is 61.3 Å². The SMILES string of the molecule is CC(C)[C@H](CO)Nc1cc(N2Cc3ccccc3C[C@H]2C)nc(C2CC2)n1. The molecule has 0 radical (unpaired) electrons. The molecule has 1 aliphatic heterocycles. The predicted molar refractivity (Wildman–Crippen MR) is 109 cm³/mol. The Balaban J connectivity index is 1.65. The van der Waals surface area contributed by atoms with Crippen LogP contribution in [-0.4, -0.2) is 33.8 Å². The van der Waals surface area contributed by atoms with Crippen molar-refractivity contribution in [1.29, 1.82) is 0 Å². The summed E-state index contributed by atoms with van der Waals surface area (Å²) in [7, 11) is 0. The van der Waals surface area contributed by atoms with Gasteiger partial charge in [0.15, 0.2) is 0 Å². The summed E-state index contributed by atoms with van der Waals surface area (Å²) in [6.45, 7) is 7.48. The maximum Gasteiger partial charge on any atom is 0.136 e. The molecule has 5 heteroatoms. The Morgan fingerprint density at radius 1 is 1.19 bits per heavy atom. The van der Waals surface area contributed by atoms with Crippen molar-refractivity contribution in [3.05, 3.63) is 47.3 Å². The molecule has 1 aromatic carbocycles. The average molecular weight is 367 g/mol. The maximum absolute atomic E-state index is 9.70. The van der Waals surface area contributed by atoms with Gasteiger partial charge in [-0.3, -0.25) is 0 Å². The minimum atomic E-state index is -0.000640. The van der Waals surface area contributed by atoms with Crippen molar-refractivity contribution in [1.82, 2.24) is 9.97 Å². The van der Waals surface area contributed by atoms with Crippen LogP contribution in [0.1, 0.15) is 56.5 Å². The molecule has 2 aliphatic rings. The molecular formula is C22H30N4O. The van der Waals surface area contributed by atoms with Crippen LogP contribution in [0, 0.1) is 5.92 Å². The first-order chi connectivity index (χ1) is 13.0. The number of benzene rings is 1. The van der Waals surface area contributed by atoms with Gasteiger partial charge in [0.25, 0.3) is 0 Å². The van der Waals surface area contributed by atoms with Crippen LogP contribution >= 0.6 is 0 Å². The molecule has 2 atom stereocenters. The fourth-order valence-electron chi connectivity index (χ4n) is 3.80. The van der Waals surface area contributed by atoms with Gasteiger partial charge in [0.2, 0.25) is 0 Å². The molecule has 4 rings (SSSR count). The Morgan fingerprint density at radius 3 is 2.59 bits per heavy atom. The van der Waals surface area contributed by atoms with Crippen LogP contribution in [0.2, 0.25) is 0 Å². The van der Waals surface area contributed by atoms with Gasteiger partial charge in [0, 0.05) is 24.6 Å². The summed E-state index contributed by atoms with van der Waals surface area (Å²) >= 11 is 0.